The number of hydrogen-bond acceptors (Lipinski definition) is 4. The topological polar surface area (TPSA) is 50.8 Å². The summed E-state index contributed by atoms with van der Waals surface area (Å²) in [7, 11) is 0. The summed E-state index contributed by atoms with van der Waals surface area (Å²) in [5.74, 6) is 1.43. The Hall–Kier alpha value is -2.53. The lowest BCUT2D eigenvalue weighted by atomic mass is 9.97. The van der Waals surface area contributed by atoms with E-state index in [9.17, 15) is 4.79 Å². The van der Waals surface area contributed by atoms with E-state index in [-0.39, 0.29) is 18.6 Å². The summed E-state index contributed by atoms with van der Waals surface area (Å²) in [6, 6.07) is 18.6. The third-order valence-corrected chi connectivity index (χ3v) is 5.27. The van der Waals surface area contributed by atoms with Gasteiger partial charge in [0.05, 0.1) is 6.61 Å². The third kappa shape index (κ3) is 6.79. The average molecular weight is 397 g/mol. The van der Waals surface area contributed by atoms with Gasteiger partial charge in [-0.25, -0.2) is 0 Å². The Kier molecular flexibility index (Phi) is 7.94. The fourth-order valence-electron chi connectivity index (χ4n) is 3.67. The van der Waals surface area contributed by atoms with Gasteiger partial charge in [0.2, 0.25) is 0 Å². The van der Waals surface area contributed by atoms with Gasteiger partial charge in [0.15, 0.2) is 6.61 Å². The number of ether oxygens (including phenoxy) is 2. The molecule has 0 aliphatic carbocycles. The van der Waals surface area contributed by atoms with Crippen LogP contribution in [0, 0.1) is 0 Å². The smallest absolute Gasteiger partial charge is 0.258 e. The van der Waals surface area contributed by atoms with E-state index in [4.69, 9.17) is 9.47 Å². The lowest BCUT2D eigenvalue weighted by Gasteiger charge is -2.38. The summed E-state index contributed by atoms with van der Waals surface area (Å²) in [4.78, 5) is 14.8. The number of nitrogens with zero attached hydrogens (tertiary/aromatic N) is 1. The third-order valence-electron chi connectivity index (χ3n) is 5.27. The number of benzene rings is 2. The quantitative estimate of drug-likeness (QED) is 0.695. The Morgan fingerprint density at radius 2 is 1.76 bits per heavy atom. The van der Waals surface area contributed by atoms with Crippen molar-refractivity contribution in [2.75, 3.05) is 19.8 Å². The number of carbonyl (C=O) groups excluding carboxylic acids is 1. The van der Waals surface area contributed by atoms with Crippen LogP contribution in [-0.4, -0.2) is 42.6 Å². The van der Waals surface area contributed by atoms with Crippen LogP contribution in [0.1, 0.15) is 38.7 Å². The van der Waals surface area contributed by atoms with E-state index in [0.717, 1.165) is 38.1 Å². The molecule has 0 bridgehead atoms. The molecule has 1 fully saturated rings. The van der Waals surface area contributed by atoms with Gasteiger partial charge in [0, 0.05) is 25.2 Å². The minimum Gasteiger partial charge on any atom is -0.494 e. The monoisotopic (exact) mass is 396 g/mol. The molecule has 1 heterocycles. The van der Waals surface area contributed by atoms with Gasteiger partial charge in [0.25, 0.3) is 5.91 Å². The highest BCUT2D eigenvalue weighted by Crippen LogP contribution is 2.20. The van der Waals surface area contributed by atoms with E-state index >= 15 is 0 Å². The molecule has 2 aromatic carbocycles. The van der Waals surface area contributed by atoms with E-state index in [1.807, 2.05) is 30.3 Å². The molecule has 1 N–H and O–H groups in total. The molecule has 0 aromatic heterocycles. The largest absolute Gasteiger partial charge is 0.494 e. The van der Waals surface area contributed by atoms with Crippen molar-refractivity contribution in [2.45, 2.75) is 51.7 Å². The normalized spacial score (nSPS) is 19.5. The lowest BCUT2D eigenvalue weighted by Crippen LogP contribution is -2.49. The highest BCUT2D eigenvalue weighted by atomic mass is 16.5. The standard InChI is InChI=1S/C24H32N2O3/c1-3-15-28-22-9-11-23(12-10-22)29-18-24(27)25-21-13-14-26(19(2)16-21)17-20-7-5-4-6-8-20/h4-12,19,21H,3,13-18H2,1-2H3,(H,25,27)/t19-,21-/m0/s1. The van der Waals surface area contributed by atoms with Gasteiger partial charge in [-0.05, 0) is 56.0 Å². The van der Waals surface area contributed by atoms with Crippen LogP contribution in [0.4, 0.5) is 0 Å². The number of hydrogen-bond donors (Lipinski definition) is 1. The van der Waals surface area contributed by atoms with E-state index in [0.29, 0.717) is 18.4 Å². The van der Waals surface area contributed by atoms with Gasteiger partial charge in [-0.1, -0.05) is 37.3 Å². The molecule has 156 valence electrons. The number of carbonyl (C=O) groups is 1. The van der Waals surface area contributed by atoms with Crippen molar-refractivity contribution in [1.82, 2.24) is 10.2 Å². The molecule has 29 heavy (non-hydrogen) atoms. The summed E-state index contributed by atoms with van der Waals surface area (Å²) in [6.07, 6.45) is 2.90. The Bertz CT molecular complexity index is 748. The molecule has 0 spiro atoms. The Morgan fingerprint density at radius 1 is 1.07 bits per heavy atom. The first kappa shape index (κ1) is 21.2. The maximum atomic E-state index is 12.3. The second-order valence-corrected chi connectivity index (χ2v) is 7.70. The van der Waals surface area contributed by atoms with Gasteiger partial charge < -0.3 is 14.8 Å². The molecule has 5 nitrogen and oxygen atoms in total. The first-order valence-corrected chi connectivity index (χ1v) is 10.6. The Morgan fingerprint density at radius 3 is 2.41 bits per heavy atom. The lowest BCUT2D eigenvalue weighted by molar-refractivity contribution is -0.124. The second kappa shape index (κ2) is 10.9. The summed E-state index contributed by atoms with van der Waals surface area (Å²) in [5.41, 5.74) is 1.33. The minimum absolute atomic E-state index is 0.0355. The molecule has 2 atom stereocenters. The van der Waals surface area contributed by atoms with Crippen molar-refractivity contribution in [3.8, 4) is 11.5 Å². The molecule has 1 saturated heterocycles. The van der Waals surface area contributed by atoms with E-state index < -0.39 is 0 Å². The average Bonchev–Trinajstić information content (AvgIpc) is 2.74. The van der Waals surface area contributed by atoms with Gasteiger partial charge >= 0.3 is 0 Å². The second-order valence-electron chi connectivity index (χ2n) is 7.70. The molecule has 3 rings (SSSR count). The van der Waals surface area contributed by atoms with Crippen LogP contribution in [0.25, 0.3) is 0 Å². The molecule has 0 saturated carbocycles. The van der Waals surface area contributed by atoms with Gasteiger partial charge in [-0.3, -0.25) is 9.69 Å². The molecular weight excluding hydrogens is 364 g/mol. The van der Waals surface area contributed by atoms with E-state index in [1.54, 1.807) is 0 Å². The highest BCUT2D eigenvalue weighted by molar-refractivity contribution is 5.77. The number of piperidine rings is 1. The number of rotatable bonds is 9. The van der Waals surface area contributed by atoms with Crippen LogP contribution in [0.2, 0.25) is 0 Å². The van der Waals surface area contributed by atoms with Crippen molar-refractivity contribution in [3.63, 3.8) is 0 Å². The fraction of sp³-hybridized carbons (Fsp3) is 0.458. The van der Waals surface area contributed by atoms with Crippen molar-refractivity contribution in [2.24, 2.45) is 0 Å². The molecule has 5 heteroatoms. The van der Waals surface area contributed by atoms with E-state index in [1.165, 1.54) is 5.56 Å². The van der Waals surface area contributed by atoms with Crippen LogP contribution in [0.5, 0.6) is 11.5 Å². The molecular formula is C24H32N2O3. The maximum absolute atomic E-state index is 12.3. The molecule has 2 aromatic rings. The number of amides is 1. The first-order chi connectivity index (χ1) is 14.1. The Balaban J connectivity index is 1.39. The Labute approximate surface area is 174 Å². The molecule has 1 amide bonds. The van der Waals surface area contributed by atoms with Crippen LogP contribution < -0.4 is 14.8 Å². The fourth-order valence-corrected chi connectivity index (χ4v) is 3.67. The van der Waals surface area contributed by atoms with Gasteiger partial charge in [-0.2, -0.15) is 0 Å². The van der Waals surface area contributed by atoms with Gasteiger partial charge in [0.1, 0.15) is 11.5 Å². The number of likely N-dealkylation sites (tertiary alicyclic amines) is 1. The predicted molar refractivity (Wildman–Crippen MR) is 115 cm³/mol. The van der Waals surface area contributed by atoms with Crippen LogP contribution in [0.3, 0.4) is 0 Å². The van der Waals surface area contributed by atoms with Crippen molar-refractivity contribution < 1.29 is 14.3 Å². The van der Waals surface area contributed by atoms with E-state index in [2.05, 4.69) is 48.3 Å². The van der Waals surface area contributed by atoms with Crippen LogP contribution in [0.15, 0.2) is 54.6 Å². The summed E-state index contributed by atoms with van der Waals surface area (Å²) >= 11 is 0. The molecule has 1 aliphatic rings. The zero-order valence-electron chi connectivity index (χ0n) is 17.5. The highest BCUT2D eigenvalue weighted by Gasteiger charge is 2.26. The van der Waals surface area contributed by atoms with Gasteiger partial charge in [-0.15, -0.1) is 0 Å². The van der Waals surface area contributed by atoms with Crippen molar-refractivity contribution >= 4 is 5.91 Å². The predicted octanol–water partition coefficient (Wildman–Crippen LogP) is 4.02. The summed E-state index contributed by atoms with van der Waals surface area (Å²) in [6.45, 7) is 6.99. The SMILES string of the molecule is CCCOc1ccc(OCC(=O)N[C@H]2CCN(Cc3ccccc3)[C@@H](C)C2)cc1. The molecule has 1 aliphatic heterocycles. The minimum atomic E-state index is -0.0648. The maximum Gasteiger partial charge on any atom is 0.258 e. The molecule has 0 unspecified atom stereocenters. The van der Waals surface area contributed by atoms with Crippen LogP contribution in [-0.2, 0) is 11.3 Å². The summed E-state index contributed by atoms with van der Waals surface area (Å²) < 4.78 is 11.2. The summed E-state index contributed by atoms with van der Waals surface area (Å²) in [5, 5.41) is 3.13. The zero-order chi connectivity index (χ0) is 20.5. The number of nitrogens with one attached hydrogen (secondary N) is 1. The van der Waals surface area contributed by atoms with Crippen molar-refractivity contribution in [1.29, 1.82) is 0 Å². The zero-order valence-corrected chi connectivity index (χ0v) is 17.5. The first-order valence-electron chi connectivity index (χ1n) is 10.6. The molecule has 0 radical (unpaired) electrons. The van der Waals surface area contributed by atoms with Crippen LogP contribution >= 0.6 is 0 Å². The van der Waals surface area contributed by atoms with Crippen molar-refractivity contribution in [3.05, 3.63) is 60.2 Å².